The number of benzene rings is 1. The van der Waals surface area contributed by atoms with Gasteiger partial charge < -0.3 is 15.0 Å². The van der Waals surface area contributed by atoms with Gasteiger partial charge in [-0.15, -0.1) is 0 Å². The largest absolute Gasteiger partial charge is 0.393 e. The van der Waals surface area contributed by atoms with Crippen LogP contribution in [-0.4, -0.2) is 40.6 Å². The third-order valence-electron chi connectivity index (χ3n) is 4.48. The highest BCUT2D eigenvalue weighted by atomic mass is 16.3. The molecule has 0 bridgehead atoms. The second-order valence-corrected chi connectivity index (χ2v) is 6.22. The number of amides is 1. The number of aliphatic hydroxyl groups is 1. The number of fused-ring (bicyclic) bond motifs is 1. The summed E-state index contributed by atoms with van der Waals surface area (Å²) in [5.41, 5.74) is 2.78. The molecule has 4 heteroatoms. The summed E-state index contributed by atoms with van der Waals surface area (Å²) in [7, 11) is 1.81. The summed E-state index contributed by atoms with van der Waals surface area (Å²) in [5.74, 6) is 0.202. The lowest BCUT2D eigenvalue weighted by atomic mass is 10.1. The van der Waals surface area contributed by atoms with Crippen molar-refractivity contribution in [1.29, 1.82) is 0 Å². The maximum absolute atomic E-state index is 12.5. The Kier molecular flexibility index (Phi) is 3.72. The molecular formula is C17H22N2O2. The van der Waals surface area contributed by atoms with E-state index in [2.05, 4.69) is 4.98 Å². The molecule has 1 saturated carbocycles. The van der Waals surface area contributed by atoms with Gasteiger partial charge in [0.25, 0.3) is 5.91 Å². The first-order valence-corrected chi connectivity index (χ1v) is 7.57. The Morgan fingerprint density at radius 3 is 2.90 bits per heavy atom. The van der Waals surface area contributed by atoms with Crippen LogP contribution in [0.3, 0.4) is 0 Å². The summed E-state index contributed by atoms with van der Waals surface area (Å²) in [4.78, 5) is 17.4. The molecule has 0 spiro atoms. The predicted molar refractivity (Wildman–Crippen MR) is 83.3 cm³/mol. The van der Waals surface area contributed by atoms with E-state index in [1.54, 1.807) is 4.90 Å². The Morgan fingerprint density at radius 1 is 1.38 bits per heavy atom. The molecule has 1 aromatic carbocycles. The molecule has 21 heavy (non-hydrogen) atoms. The minimum Gasteiger partial charge on any atom is -0.393 e. The van der Waals surface area contributed by atoms with Crippen LogP contribution in [0.25, 0.3) is 10.9 Å². The van der Waals surface area contributed by atoms with Gasteiger partial charge in [0.2, 0.25) is 0 Å². The van der Waals surface area contributed by atoms with Crippen LogP contribution in [0.5, 0.6) is 0 Å². The highest BCUT2D eigenvalue weighted by Gasteiger charge is 2.28. The van der Waals surface area contributed by atoms with E-state index in [1.807, 2.05) is 38.2 Å². The molecule has 2 unspecified atom stereocenters. The predicted octanol–water partition coefficient (Wildman–Crippen LogP) is 2.71. The van der Waals surface area contributed by atoms with Crippen molar-refractivity contribution in [1.82, 2.24) is 9.88 Å². The maximum atomic E-state index is 12.5. The Balaban J connectivity index is 1.76. The second kappa shape index (κ2) is 5.53. The highest BCUT2D eigenvalue weighted by Crippen LogP contribution is 2.26. The average molecular weight is 286 g/mol. The third kappa shape index (κ3) is 2.81. The van der Waals surface area contributed by atoms with Gasteiger partial charge in [0, 0.05) is 30.4 Å². The summed E-state index contributed by atoms with van der Waals surface area (Å²) in [6.45, 7) is 2.66. The van der Waals surface area contributed by atoms with Crippen molar-refractivity contribution in [3.63, 3.8) is 0 Å². The molecule has 2 N–H and O–H groups in total. The molecule has 2 atom stereocenters. The van der Waals surface area contributed by atoms with Gasteiger partial charge in [-0.25, -0.2) is 0 Å². The van der Waals surface area contributed by atoms with Crippen molar-refractivity contribution in [3.05, 3.63) is 35.5 Å². The first-order valence-electron chi connectivity index (χ1n) is 7.57. The molecule has 112 valence electrons. The molecule has 1 aromatic heterocycles. The third-order valence-corrected chi connectivity index (χ3v) is 4.48. The van der Waals surface area contributed by atoms with Gasteiger partial charge in [0.15, 0.2) is 0 Å². The number of carbonyl (C=O) groups excluding carboxylic acids is 1. The van der Waals surface area contributed by atoms with Gasteiger partial charge in [-0.05, 0) is 37.5 Å². The molecule has 0 saturated heterocycles. The van der Waals surface area contributed by atoms with Gasteiger partial charge in [0.05, 0.1) is 6.10 Å². The summed E-state index contributed by atoms with van der Waals surface area (Å²) >= 11 is 0. The summed E-state index contributed by atoms with van der Waals surface area (Å²) < 4.78 is 0. The monoisotopic (exact) mass is 286 g/mol. The number of hydrogen-bond acceptors (Lipinski definition) is 2. The van der Waals surface area contributed by atoms with Crippen molar-refractivity contribution in [2.24, 2.45) is 5.92 Å². The minimum atomic E-state index is -0.259. The summed E-state index contributed by atoms with van der Waals surface area (Å²) in [6.07, 6.45) is 2.66. The number of hydrogen-bond donors (Lipinski definition) is 2. The van der Waals surface area contributed by atoms with Crippen molar-refractivity contribution >= 4 is 16.8 Å². The van der Waals surface area contributed by atoms with E-state index < -0.39 is 0 Å². The fourth-order valence-electron chi connectivity index (χ4n) is 3.23. The standard InChI is InChI=1S/C17H22N2O2/c1-11-6-7-12-9-15(18-14(12)8-11)17(21)19(2)10-13-4-3-5-16(13)20/h6-9,13,16,18,20H,3-5,10H2,1-2H3. The van der Waals surface area contributed by atoms with Crippen LogP contribution in [-0.2, 0) is 0 Å². The Labute approximate surface area is 124 Å². The van der Waals surface area contributed by atoms with Crippen molar-refractivity contribution in [3.8, 4) is 0 Å². The Morgan fingerprint density at radius 2 is 2.19 bits per heavy atom. The molecule has 0 radical (unpaired) electrons. The van der Waals surface area contributed by atoms with Crippen molar-refractivity contribution in [2.45, 2.75) is 32.3 Å². The number of aromatic amines is 1. The van der Waals surface area contributed by atoms with Crippen LogP contribution in [0.4, 0.5) is 0 Å². The fourth-order valence-corrected chi connectivity index (χ4v) is 3.23. The van der Waals surface area contributed by atoms with E-state index in [0.29, 0.717) is 12.2 Å². The van der Waals surface area contributed by atoms with Gasteiger partial charge in [-0.1, -0.05) is 18.6 Å². The van der Waals surface area contributed by atoms with Gasteiger partial charge in [0.1, 0.15) is 5.69 Å². The van der Waals surface area contributed by atoms with E-state index >= 15 is 0 Å². The zero-order valence-corrected chi connectivity index (χ0v) is 12.6. The van der Waals surface area contributed by atoms with Crippen LogP contribution in [0, 0.1) is 12.8 Å². The molecule has 1 heterocycles. The van der Waals surface area contributed by atoms with Crippen LogP contribution >= 0.6 is 0 Å². The Hall–Kier alpha value is -1.81. The normalized spacial score (nSPS) is 21.9. The van der Waals surface area contributed by atoms with Crippen molar-refractivity contribution < 1.29 is 9.90 Å². The molecule has 4 nitrogen and oxygen atoms in total. The second-order valence-electron chi connectivity index (χ2n) is 6.22. The van der Waals surface area contributed by atoms with E-state index in [4.69, 9.17) is 0 Å². The molecule has 2 aromatic rings. The molecule has 3 rings (SSSR count). The van der Waals surface area contributed by atoms with E-state index in [-0.39, 0.29) is 17.9 Å². The zero-order chi connectivity index (χ0) is 15.0. The van der Waals surface area contributed by atoms with Gasteiger partial charge in [-0.3, -0.25) is 4.79 Å². The lowest BCUT2D eigenvalue weighted by molar-refractivity contribution is 0.0689. The van der Waals surface area contributed by atoms with Gasteiger partial charge >= 0.3 is 0 Å². The smallest absolute Gasteiger partial charge is 0.270 e. The van der Waals surface area contributed by atoms with Crippen molar-refractivity contribution in [2.75, 3.05) is 13.6 Å². The number of H-pyrrole nitrogens is 1. The molecular weight excluding hydrogens is 264 g/mol. The Bertz CT molecular complexity index is 662. The molecule has 0 aliphatic heterocycles. The molecule has 1 aliphatic rings. The van der Waals surface area contributed by atoms with Crippen LogP contribution in [0.1, 0.15) is 35.3 Å². The molecule has 1 aliphatic carbocycles. The number of nitrogens with one attached hydrogen (secondary N) is 1. The number of aliphatic hydroxyl groups excluding tert-OH is 1. The summed E-state index contributed by atoms with van der Waals surface area (Å²) in [6, 6.07) is 8.02. The number of aromatic nitrogens is 1. The minimum absolute atomic E-state index is 0.0112. The lowest BCUT2D eigenvalue weighted by Gasteiger charge is -2.22. The summed E-state index contributed by atoms with van der Waals surface area (Å²) in [5, 5.41) is 10.9. The fraction of sp³-hybridized carbons (Fsp3) is 0.471. The SMILES string of the molecule is Cc1ccc2cc(C(=O)N(C)CC3CCCC3O)[nH]c2c1. The quantitative estimate of drug-likeness (QED) is 0.911. The first kappa shape index (κ1) is 14.1. The van der Waals surface area contributed by atoms with E-state index in [1.165, 1.54) is 5.56 Å². The highest BCUT2D eigenvalue weighted by molar-refractivity contribution is 5.98. The van der Waals surface area contributed by atoms with Gasteiger partial charge in [-0.2, -0.15) is 0 Å². The number of nitrogens with zero attached hydrogens (tertiary/aromatic N) is 1. The topological polar surface area (TPSA) is 56.3 Å². The lowest BCUT2D eigenvalue weighted by Crippen LogP contribution is -2.34. The van der Waals surface area contributed by atoms with E-state index in [0.717, 1.165) is 30.2 Å². The molecule has 1 amide bonds. The first-order chi connectivity index (χ1) is 10.0. The van der Waals surface area contributed by atoms with Crippen LogP contribution in [0.15, 0.2) is 24.3 Å². The van der Waals surface area contributed by atoms with Crippen LogP contribution < -0.4 is 0 Å². The number of aryl methyl sites for hydroxylation is 1. The number of rotatable bonds is 3. The van der Waals surface area contributed by atoms with E-state index in [9.17, 15) is 9.90 Å². The van der Waals surface area contributed by atoms with Crippen LogP contribution in [0.2, 0.25) is 0 Å². The zero-order valence-electron chi connectivity index (χ0n) is 12.6. The average Bonchev–Trinajstić information content (AvgIpc) is 3.04. The number of carbonyl (C=O) groups is 1. The maximum Gasteiger partial charge on any atom is 0.270 e. The molecule has 1 fully saturated rings.